The van der Waals surface area contributed by atoms with Crippen LogP contribution in [0.5, 0.6) is 0 Å². The van der Waals surface area contributed by atoms with Crippen LogP contribution in [0.15, 0.2) is 60.8 Å². The van der Waals surface area contributed by atoms with Gasteiger partial charge in [-0.1, -0.05) is 42.5 Å². The molecule has 2 heterocycles. The fourth-order valence-corrected chi connectivity index (χ4v) is 2.60. The van der Waals surface area contributed by atoms with Crippen LogP contribution in [0.1, 0.15) is 11.4 Å². The Balaban J connectivity index is 1.57. The van der Waals surface area contributed by atoms with E-state index in [0.717, 1.165) is 33.8 Å². The molecule has 2 aromatic heterocycles. The van der Waals surface area contributed by atoms with Gasteiger partial charge < -0.3 is 10.3 Å². The lowest BCUT2D eigenvalue weighted by atomic mass is 10.2. The number of aromatic nitrogens is 4. The molecular formula is C19H17N5. The maximum absolute atomic E-state index is 4.65. The van der Waals surface area contributed by atoms with Crippen molar-refractivity contribution in [2.45, 2.75) is 13.5 Å². The van der Waals surface area contributed by atoms with Crippen molar-refractivity contribution in [3.8, 4) is 11.4 Å². The topological polar surface area (TPSA) is 66.5 Å². The average molecular weight is 315 g/mol. The number of imidazole rings is 1. The third kappa shape index (κ3) is 2.84. The van der Waals surface area contributed by atoms with Gasteiger partial charge in [-0.2, -0.15) is 0 Å². The first kappa shape index (κ1) is 14.4. The molecule has 0 bridgehead atoms. The standard InChI is InChI=1S/C19H17N5/c1-13-11-20-19(14-7-3-2-4-8-14)24-18(13)21-12-17-22-15-9-5-6-10-16(15)23-17/h2-11H,12H2,1H3,(H,22,23)(H,20,21,24). The third-order valence-corrected chi connectivity index (χ3v) is 3.87. The van der Waals surface area contributed by atoms with Crippen LogP contribution in [-0.2, 0) is 6.54 Å². The summed E-state index contributed by atoms with van der Waals surface area (Å²) in [5, 5.41) is 3.36. The van der Waals surface area contributed by atoms with Crippen molar-refractivity contribution in [2.24, 2.45) is 0 Å². The van der Waals surface area contributed by atoms with Gasteiger partial charge in [-0.3, -0.25) is 0 Å². The summed E-state index contributed by atoms with van der Waals surface area (Å²) in [6.45, 7) is 2.58. The first-order valence-corrected chi connectivity index (χ1v) is 7.86. The van der Waals surface area contributed by atoms with Crippen LogP contribution < -0.4 is 5.32 Å². The fourth-order valence-electron chi connectivity index (χ4n) is 2.60. The minimum atomic E-state index is 0.584. The van der Waals surface area contributed by atoms with E-state index in [1.54, 1.807) is 0 Å². The maximum Gasteiger partial charge on any atom is 0.161 e. The molecule has 0 spiro atoms. The van der Waals surface area contributed by atoms with E-state index in [4.69, 9.17) is 0 Å². The van der Waals surface area contributed by atoms with Crippen molar-refractivity contribution in [2.75, 3.05) is 5.32 Å². The smallest absolute Gasteiger partial charge is 0.161 e. The second-order valence-corrected chi connectivity index (χ2v) is 5.65. The molecule has 0 aliphatic rings. The Morgan fingerprint density at radius 3 is 2.58 bits per heavy atom. The molecule has 5 nitrogen and oxygen atoms in total. The Bertz CT molecular complexity index is 942. The molecule has 0 radical (unpaired) electrons. The Labute approximate surface area is 139 Å². The number of rotatable bonds is 4. The van der Waals surface area contributed by atoms with Gasteiger partial charge in [0, 0.05) is 17.3 Å². The number of hydrogen-bond acceptors (Lipinski definition) is 4. The van der Waals surface area contributed by atoms with Gasteiger partial charge in [0.15, 0.2) is 5.82 Å². The predicted octanol–water partition coefficient (Wildman–Crippen LogP) is 3.94. The SMILES string of the molecule is Cc1cnc(-c2ccccc2)nc1NCc1nc2ccccc2[nH]1. The molecule has 0 aliphatic carbocycles. The summed E-state index contributed by atoms with van der Waals surface area (Å²) >= 11 is 0. The van der Waals surface area contributed by atoms with Gasteiger partial charge in [0.05, 0.1) is 17.6 Å². The zero-order valence-corrected chi connectivity index (χ0v) is 13.3. The van der Waals surface area contributed by atoms with E-state index in [9.17, 15) is 0 Å². The highest BCUT2D eigenvalue weighted by Gasteiger charge is 2.07. The summed E-state index contributed by atoms with van der Waals surface area (Å²) in [4.78, 5) is 17.0. The van der Waals surface area contributed by atoms with Crippen LogP contribution in [0.4, 0.5) is 5.82 Å². The molecule has 24 heavy (non-hydrogen) atoms. The number of fused-ring (bicyclic) bond motifs is 1. The first-order valence-electron chi connectivity index (χ1n) is 7.86. The van der Waals surface area contributed by atoms with Crippen molar-refractivity contribution in [3.63, 3.8) is 0 Å². The molecular weight excluding hydrogens is 298 g/mol. The van der Waals surface area contributed by atoms with E-state index in [-0.39, 0.29) is 0 Å². The molecule has 0 saturated heterocycles. The number of aromatic amines is 1. The summed E-state index contributed by atoms with van der Waals surface area (Å²) < 4.78 is 0. The summed E-state index contributed by atoms with van der Waals surface area (Å²) in [6, 6.07) is 18.0. The van der Waals surface area contributed by atoms with E-state index in [1.165, 1.54) is 0 Å². The van der Waals surface area contributed by atoms with Crippen LogP contribution in [0.2, 0.25) is 0 Å². The van der Waals surface area contributed by atoms with E-state index in [1.807, 2.05) is 67.7 Å². The molecule has 2 N–H and O–H groups in total. The fraction of sp³-hybridized carbons (Fsp3) is 0.105. The maximum atomic E-state index is 4.65. The summed E-state index contributed by atoms with van der Waals surface area (Å²) in [5.41, 5.74) is 4.02. The molecule has 0 aliphatic heterocycles. The summed E-state index contributed by atoms with van der Waals surface area (Å²) in [7, 11) is 0. The van der Waals surface area contributed by atoms with Gasteiger partial charge in [-0.25, -0.2) is 15.0 Å². The molecule has 0 unspecified atom stereocenters. The van der Waals surface area contributed by atoms with Crippen LogP contribution in [0, 0.1) is 6.92 Å². The van der Waals surface area contributed by atoms with E-state index in [2.05, 4.69) is 25.3 Å². The lowest BCUT2D eigenvalue weighted by molar-refractivity contribution is 0.986. The van der Waals surface area contributed by atoms with Gasteiger partial charge in [-0.15, -0.1) is 0 Å². The molecule has 0 saturated carbocycles. The van der Waals surface area contributed by atoms with E-state index < -0.39 is 0 Å². The van der Waals surface area contributed by atoms with Crippen LogP contribution in [-0.4, -0.2) is 19.9 Å². The highest BCUT2D eigenvalue weighted by molar-refractivity contribution is 5.74. The first-order chi connectivity index (χ1) is 11.8. The predicted molar refractivity (Wildman–Crippen MR) is 95.6 cm³/mol. The number of para-hydroxylation sites is 2. The van der Waals surface area contributed by atoms with Gasteiger partial charge in [-0.05, 0) is 19.1 Å². The molecule has 4 aromatic rings. The largest absolute Gasteiger partial charge is 0.363 e. The molecule has 118 valence electrons. The summed E-state index contributed by atoms with van der Waals surface area (Å²) in [5.74, 6) is 2.42. The normalized spacial score (nSPS) is 10.9. The van der Waals surface area contributed by atoms with Crippen molar-refractivity contribution in [1.82, 2.24) is 19.9 Å². The number of aryl methyl sites for hydroxylation is 1. The van der Waals surface area contributed by atoms with Crippen molar-refractivity contribution in [1.29, 1.82) is 0 Å². The number of nitrogens with zero attached hydrogens (tertiary/aromatic N) is 3. The Hall–Kier alpha value is -3.21. The Morgan fingerprint density at radius 1 is 0.958 bits per heavy atom. The molecule has 4 rings (SSSR count). The average Bonchev–Trinajstić information content (AvgIpc) is 3.05. The minimum absolute atomic E-state index is 0.584. The molecule has 0 fully saturated rings. The number of hydrogen-bond donors (Lipinski definition) is 2. The van der Waals surface area contributed by atoms with Gasteiger partial charge in [0.2, 0.25) is 0 Å². The van der Waals surface area contributed by atoms with Crippen LogP contribution in [0.25, 0.3) is 22.4 Å². The Kier molecular flexibility index (Phi) is 3.67. The zero-order valence-electron chi connectivity index (χ0n) is 13.3. The number of benzene rings is 2. The molecule has 5 heteroatoms. The van der Waals surface area contributed by atoms with Crippen LogP contribution in [0.3, 0.4) is 0 Å². The second kappa shape index (κ2) is 6.12. The zero-order chi connectivity index (χ0) is 16.4. The Morgan fingerprint density at radius 2 is 1.75 bits per heavy atom. The lowest BCUT2D eigenvalue weighted by Crippen LogP contribution is -2.06. The van der Waals surface area contributed by atoms with E-state index >= 15 is 0 Å². The van der Waals surface area contributed by atoms with Crippen LogP contribution >= 0.6 is 0 Å². The van der Waals surface area contributed by atoms with Crippen molar-refractivity contribution in [3.05, 3.63) is 72.2 Å². The highest BCUT2D eigenvalue weighted by atomic mass is 15.1. The highest BCUT2D eigenvalue weighted by Crippen LogP contribution is 2.19. The number of anilines is 1. The van der Waals surface area contributed by atoms with Gasteiger partial charge in [0.25, 0.3) is 0 Å². The molecule has 0 amide bonds. The van der Waals surface area contributed by atoms with Crippen molar-refractivity contribution < 1.29 is 0 Å². The van der Waals surface area contributed by atoms with Gasteiger partial charge >= 0.3 is 0 Å². The summed E-state index contributed by atoms with van der Waals surface area (Å²) in [6.07, 6.45) is 1.84. The minimum Gasteiger partial charge on any atom is -0.363 e. The second-order valence-electron chi connectivity index (χ2n) is 5.65. The monoisotopic (exact) mass is 315 g/mol. The number of H-pyrrole nitrogens is 1. The van der Waals surface area contributed by atoms with Crippen molar-refractivity contribution >= 4 is 16.9 Å². The lowest BCUT2D eigenvalue weighted by Gasteiger charge is -2.09. The third-order valence-electron chi connectivity index (χ3n) is 3.87. The van der Waals surface area contributed by atoms with Gasteiger partial charge in [0.1, 0.15) is 11.6 Å². The number of nitrogens with one attached hydrogen (secondary N) is 2. The van der Waals surface area contributed by atoms with E-state index in [0.29, 0.717) is 12.4 Å². The molecule has 0 atom stereocenters. The quantitative estimate of drug-likeness (QED) is 0.598. The molecule has 2 aromatic carbocycles.